The molecule has 130 valence electrons. The molecule has 1 atom stereocenters. The van der Waals surface area contributed by atoms with Gasteiger partial charge in [-0.1, -0.05) is 0 Å². The summed E-state index contributed by atoms with van der Waals surface area (Å²) in [6.45, 7) is 2.90. The lowest BCUT2D eigenvalue weighted by atomic mass is 10.1. The molecule has 0 radical (unpaired) electrons. The smallest absolute Gasteiger partial charge is 0.326 e. The molecule has 0 saturated carbocycles. The van der Waals surface area contributed by atoms with Gasteiger partial charge in [-0.2, -0.15) is 0 Å². The van der Waals surface area contributed by atoms with Crippen molar-refractivity contribution in [2.75, 3.05) is 18.4 Å². The van der Waals surface area contributed by atoms with Crippen LogP contribution in [0.25, 0.3) is 0 Å². The molecule has 0 bridgehead atoms. The zero-order valence-electron chi connectivity index (χ0n) is 13.4. The highest BCUT2D eigenvalue weighted by Crippen LogP contribution is 2.13. The van der Waals surface area contributed by atoms with Gasteiger partial charge in [-0.3, -0.25) is 9.59 Å². The number of carbonyl (C=O) groups is 4. The van der Waals surface area contributed by atoms with Crippen molar-refractivity contribution in [3.05, 3.63) is 29.8 Å². The molecule has 0 heterocycles. The Morgan fingerprint density at radius 1 is 1.21 bits per heavy atom. The van der Waals surface area contributed by atoms with Crippen LogP contribution in [0, 0.1) is 0 Å². The van der Waals surface area contributed by atoms with E-state index in [2.05, 4.69) is 10.6 Å². The van der Waals surface area contributed by atoms with Crippen LogP contribution in [0.15, 0.2) is 24.3 Å². The van der Waals surface area contributed by atoms with E-state index in [1.807, 2.05) is 0 Å². The van der Waals surface area contributed by atoms with Gasteiger partial charge in [-0.25, -0.2) is 9.59 Å². The van der Waals surface area contributed by atoms with Gasteiger partial charge >= 0.3 is 12.0 Å². The van der Waals surface area contributed by atoms with Crippen LogP contribution in [-0.4, -0.2) is 53.0 Å². The van der Waals surface area contributed by atoms with E-state index in [9.17, 15) is 19.2 Å². The SMILES string of the molecule is CC(=O)NCCN(C(=O)c1ccc(NC(N)=O)cc1)C(C)C(=O)O. The quantitative estimate of drug-likeness (QED) is 0.564. The van der Waals surface area contributed by atoms with E-state index in [4.69, 9.17) is 10.8 Å². The molecule has 0 aliphatic carbocycles. The first-order valence-electron chi connectivity index (χ1n) is 7.17. The Kier molecular flexibility index (Phi) is 6.72. The molecule has 0 aliphatic rings. The largest absolute Gasteiger partial charge is 0.480 e. The van der Waals surface area contributed by atoms with Crippen molar-refractivity contribution in [1.82, 2.24) is 10.2 Å². The molecule has 1 rings (SSSR count). The Balaban J connectivity index is 2.91. The van der Waals surface area contributed by atoms with Gasteiger partial charge in [0, 0.05) is 31.3 Å². The highest BCUT2D eigenvalue weighted by atomic mass is 16.4. The Hall–Kier alpha value is -3.10. The molecule has 0 spiro atoms. The number of nitrogens with two attached hydrogens (primary N) is 1. The number of hydrogen-bond acceptors (Lipinski definition) is 4. The van der Waals surface area contributed by atoms with Crippen LogP contribution in [-0.2, 0) is 9.59 Å². The summed E-state index contributed by atoms with van der Waals surface area (Å²) < 4.78 is 0. The molecule has 1 unspecified atom stereocenters. The van der Waals surface area contributed by atoms with Crippen LogP contribution < -0.4 is 16.4 Å². The van der Waals surface area contributed by atoms with Crippen LogP contribution in [0.3, 0.4) is 0 Å². The van der Waals surface area contributed by atoms with E-state index in [0.717, 1.165) is 4.90 Å². The molecular formula is C15H20N4O5. The van der Waals surface area contributed by atoms with Crippen molar-refractivity contribution in [3.63, 3.8) is 0 Å². The van der Waals surface area contributed by atoms with Crippen molar-refractivity contribution < 1.29 is 24.3 Å². The molecule has 1 aromatic rings. The Morgan fingerprint density at radius 2 is 1.79 bits per heavy atom. The molecule has 0 aliphatic heterocycles. The monoisotopic (exact) mass is 336 g/mol. The molecule has 9 heteroatoms. The average Bonchev–Trinajstić information content (AvgIpc) is 2.50. The zero-order valence-corrected chi connectivity index (χ0v) is 13.4. The molecule has 0 saturated heterocycles. The highest BCUT2D eigenvalue weighted by Gasteiger charge is 2.26. The minimum Gasteiger partial charge on any atom is -0.480 e. The number of amides is 4. The molecule has 0 fully saturated rings. The number of nitrogens with zero attached hydrogens (tertiary/aromatic N) is 1. The van der Waals surface area contributed by atoms with Crippen molar-refractivity contribution in [2.24, 2.45) is 5.73 Å². The predicted octanol–water partition coefficient (Wildman–Crippen LogP) is 0.229. The number of carboxylic acids is 1. The Morgan fingerprint density at radius 3 is 2.25 bits per heavy atom. The molecule has 4 amide bonds. The predicted molar refractivity (Wildman–Crippen MR) is 86.5 cm³/mol. The standard InChI is InChI=1S/C15H20N4O5/c1-9(14(22)23)19(8-7-17-10(2)20)13(21)11-3-5-12(6-4-11)18-15(16)24/h3-6,9H,7-8H2,1-2H3,(H,17,20)(H,22,23)(H3,16,18,24). The summed E-state index contributed by atoms with van der Waals surface area (Å²) in [6.07, 6.45) is 0. The zero-order chi connectivity index (χ0) is 18.3. The van der Waals surface area contributed by atoms with Gasteiger partial charge in [0.2, 0.25) is 5.91 Å². The number of urea groups is 1. The molecule has 9 nitrogen and oxygen atoms in total. The highest BCUT2D eigenvalue weighted by molar-refractivity contribution is 5.97. The molecule has 0 aromatic heterocycles. The second-order valence-corrected chi connectivity index (χ2v) is 5.06. The second-order valence-electron chi connectivity index (χ2n) is 5.06. The average molecular weight is 336 g/mol. The van der Waals surface area contributed by atoms with Crippen LogP contribution in [0.5, 0.6) is 0 Å². The molecule has 24 heavy (non-hydrogen) atoms. The first-order chi connectivity index (χ1) is 11.2. The maximum Gasteiger partial charge on any atom is 0.326 e. The fourth-order valence-corrected chi connectivity index (χ4v) is 1.96. The summed E-state index contributed by atoms with van der Waals surface area (Å²) in [7, 11) is 0. The first-order valence-corrected chi connectivity index (χ1v) is 7.17. The summed E-state index contributed by atoms with van der Waals surface area (Å²) in [4.78, 5) is 46.6. The van der Waals surface area contributed by atoms with Gasteiger partial charge in [0.15, 0.2) is 0 Å². The molecular weight excluding hydrogens is 316 g/mol. The second kappa shape index (κ2) is 8.51. The lowest BCUT2D eigenvalue weighted by molar-refractivity contribution is -0.141. The summed E-state index contributed by atoms with van der Waals surface area (Å²) in [5.41, 5.74) is 5.66. The third kappa shape index (κ3) is 5.59. The van der Waals surface area contributed by atoms with Crippen LogP contribution in [0.1, 0.15) is 24.2 Å². The first kappa shape index (κ1) is 18.9. The number of primary amides is 1. The Labute approximate surface area is 138 Å². The van der Waals surface area contributed by atoms with Crippen molar-refractivity contribution >= 4 is 29.5 Å². The van der Waals surface area contributed by atoms with Gasteiger partial charge in [-0.15, -0.1) is 0 Å². The minimum absolute atomic E-state index is 0.0488. The number of benzene rings is 1. The van der Waals surface area contributed by atoms with Gasteiger partial charge in [0.1, 0.15) is 6.04 Å². The van der Waals surface area contributed by atoms with Crippen LogP contribution in [0.2, 0.25) is 0 Å². The van der Waals surface area contributed by atoms with E-state index in [1.54, 1.807) is 0 Å². The van der Waals surface area contributed by atoms with Crippen LogP contribution in [0.4, 0.5) is 10.5 Å². The maximum absolute atomic E-state index is 12.5. The lowest BCUT2D eigenvalue weighted by Crippen LogP contribution is -2.46. The van der Waals surface area contributed by atoms with Crippen molar-refractivity contribution in [3.8, 4) is 0 Å². The summed E-state index contributed by atoms with van der Waals surface area (Å²) in [5, 5.41) is 14.0. The number of rotatable bonds is 7. The topological polar surface area (TPSA) is 142 Å². The lowest BCUT2D eigenvalue weighted by Gasteiger charge is -2.26. The van der Waals surface area contributed by atoms with E-state index in [0.29, 0.717) is 5.69 Å². The fourth-order valence-electron chi connectivity index (χ4n) is 1.96. The van der Waals surface area contributed by atoms with Gasteiger partial charge in [-0.05, 0) is 31.2 Å². The number of aliphatic carboxylic acids is 1. The Bertz CT molecular complexity index is 629. The van der Waals surface area contributed by atoms with Gasteiger partial charge in [0.05, 0.1) is 0 Å². The number of carbonyl (C=O) groups excluding carboxylic acids is 3. The number of hydrogen-bond donors (Lipinski definition) is 4. The molecule has 1 aromatic carbocycles. The van der Waals surface area contributed by atoms with E-state index in [-0.39, 0.29) is 24.6 Å². The number of nitrogens with one attached hydrogen (secondary N) is 2. The fraction of sp³-hybridized carbons (Fsp3) is 0.333. The van der Waals surface area contributed by atoms with Crippen molar-refractivity contribution in [1.29, 1.82) is 0 Å². The van der Waals surface area contributed by atoms with Crippen molar-refractivity contribution in [2.45, 2.75) is 19.9 Å². The third-order valence-electron chi connectivity index (χ3n) is 3.21. The minimum atomic E-state index is -1.15. The van der Waals surface area contributed by atoms with E-state index < -0.39 is 23.9 Å². The summed E-state index contributed by atoms with van der Waals surface area (Å²) in [6, 6.07) is 4.08. The van der Waals surface area contributed by atoms with Gasteiger partial charge in [0.25, 0.3) is 5.91 Å². The normalized spacial score (nSPS) is 11.2. The summed E-state index contributed by atoms with van der Waals surface area (Å²) in [5.74, 6) is -1.92. The number of carboxylic acid groups (broad SMARTS) is 1. The summed E-state index contributed by atoms with van der Waals surface area (Å²) >= 11 is 0. The van der Waals surface area contributed by atoms with E-state index in [1.165, 1.54) is 38.1 Å². The third-order valence-corrected chi connectivity index (χ3v) is 3.21. The molecule has 5 N–H and O–H groups in total. The van der Waals surface area contributed by atoms with Gasteiger partial charge < -0.3 is 26.4 Å². The van der Waals surface area contributed by atoms with Crippen LogP contribution >= 0.6 is 0 Å². The number of anilines is 1. The van der Waals surface area contributed by atoms with E-state index >= 15 is 0 Å². The maximum atomic E-state index is 12.5.